The van der Waals surface area contributed by atoms with E-state index in [2.05, 4.69) is 32.4 Å². The van der Waals surface area contributed by atoms with Gasteiger partial charge in [0, 0.05) is 6.42 Å². The second-order valence-corrected chi connectivity index (χ2v) is 4.98. The summed E-state index contributed by atoms with van der Waals surface area (Å²) in [5.41, 5.74) is 0. The summed E-state index contributed by atoms with van der Waals surface area (Å²) in [6.45, 7) is 8.93. The molecule has 0 radical (unpaired) electrons. The van der Waals surface area contributed by atoms with Crippen LogP contribution in [0.4, 0.5) is 0 Å². The van der Waals surface area contributed by atoms with Crippen molar-refractivity contribution >= 4 is 5.97 Å². The molecule has 2 heteroatoms. The van der Waals surface area contributed by atoms with Gasteiger partial charge in [0.25, 0.3) is 0 Å². The summed E-state index contributed by atoms with van der Waals surface area (Å²) in [6.07, 6.45) is 4.19. The molecule has 0 saturated carbocycles. The Morgan fingerprint density at radius 2 is 1.60 bits per heavy atom. The van der Waals surface area contributed by atoms with Gasteiger partial charge in [0.15, 0.2) is 0 Å². The van der Waals surface area contributed by atoms with E-state index in [0.29, 0.717) is 18.3 Å². The van der Waals surface area contributed by atoms with Gasteiger partial charge >= 0.3 is 5.97 Å². The predicted octanol–water partition coefficient (Wildman–Crippen LogP) is 3.65. The topological polar surface area (TPSA) is 26.3 Å². The van der Waals surface area contributed by atoms with Crippen LogP contribution in [0.25, 0.3) is 0 Å². The lowest BCUT2D eigenvalue weighted by atomic mass is 9.87. The number of rotatable bonds is 7. The van der Waals surface area contributed by atoms with Crippen molar-refractivity contribution in [1.82, 2.24) is 0 Å². The molecular formula is C13H26O2. The van der Waals surface area contributed by atoms with E-state index >= 15 is 0 Å². The standard InChI is InChI=1S/C13H26O2/c1-6-10(2)7-11(3)8-12(4)9-13(14)15-5/h10-12H,6-9H2,1-5H3/t10-,11-,12-/m0/s1. The summed E-state index contributed by atoms with van der Waals surface area (Å²) in [5.74, 6) is 1.86. The highest BCUT2D eigenvalue weighted by Gasteiger charge is 2.14. The maximum Gasteiger partial charge on any atom is 0.305 e. The van der Waals surface area contributed by atoms with E-state index < -0.39 is 0 Å². The minimum atomic E-state index is -0.0850. The first kappa shape index (κ1) is 14.5. The second kappa shape index (κ2) is 7.72. The average molecular weight is 214 g/mol. The zero-order chi connectivity index (χ0) is 11.8. The molecule has 3 atom stereocenters. The molecule has 0 N–H and O–H groups in total. The van der Waals surface area contributed by atoms with E-state index in [0.717, 1.165) is 12.3 Å². The van der Waals surface area contributed by atoms with Crippen molar-refractivity contribution in [3.63, 3.8) is 0 Å². The molecule has 15 heavy (non-hydrogen) atoms. The van der Waals surface area contributed by atoms with E-state index in [9.17, 15) is 4.79 Å². The Morgan fingerprint density at radius 3 is 2.07 bits per heavy atom. The van der Waals surface area contributed by atoms with Crippen LogP contribution in [0, 0.1) is 17.8 Å². The molecule has 0 aliphatic heterocycles. The number of hydrogen-bond donors (Lipinski definition) is 0. The molecule has 0 aliphatic rings. The van der Waals surface area contributed by atoms with Crippen LogP contribution in [0.1, 0.15) is 53.4 Å². The van der Waals surface area contributed by atoms with E-state index in [1.165, 1.54) is 20.0 Å². The number of carbonyl (C=O) groups excluding carboxylic acids is 1. The molecule has 2 nitrogen and oxygen atoms in total. The predicted molar refractivity (Wildman–Crippen MR) is 63.7 cm³/mol. The summed E-state index contributed by atoms with van der Waals surface area (Å²) in [6, 6.07) is 0. The highest BCUT2D eigenvalue weighted by Crippen LogP contribution is 2.23. The molecule has 0 aromatic carbocycles. The Bertz CT molecular complexity index is 177. The summed E-state index contributed by atoms with van der Waals surface area (Å²) in [7, 11) is 1.46. The van der Waals surface area contributed by atoms with Crippen LogP contribution < -0.4 is 0 Å². The van der Waals surface area contributed by atoms with Crippen LogP contribution >= 0.6 is 0 Å². The van der Waals surface area contributed by atoms with Gasteiger partial charge in [0.1, 0.15) is 0 Å². The fourth-order valence-electron chi connectivity index (χ4n) is 2.09. The first-order valence-electron chi connectivity index (χ1n) is 6.06. The third-order valence-corrected chi connectivity index (χ3v) is 3.05. The Balaban J connectivity index is 3.75. The summed E-state index contributed by atoms with van der Waals surface area (Å²) in [5, 5.41) is 0. The Kier molecular flexibility index (Phi) is 7.45. The van der Waals surface area contributed by atoms with Gasteiger partial charge in [-0.25, -0.2) is 0 Å². The molecule has 0 saturated heterocycles. The first-order valence-corrected chi connectivity index (χ1v) is 6.06. The Hall–Kier alpha value is -0.530. The third kappa shape index (κ3) is 7.40. The number of ether oxygens (including phenoxy) is 1. The van der Waals surface area contributed by atoms with Crippen molar-refractivity contribution in [2.45, 2.75) is 53.4 Å². The van der Waals surface area contributed by atoms with Crippen molar-refractivity contribution < 1.29 is 9.53 Å². The Morgan fingerprint density at radius 1 is 1.07 bits per heavy atom. The van der Waals surface area contributed by atoms with Crippen molar-refractivity contribution in [3.8, 4) is 0 Å². The molecule has 90 valence electrons. The zero-order valence-electron chi connectivity index (χ0n) is 10.9. The molecule has 0 aliphatic carbocycles. The maximum absolute atomic E-state index is 11.1. The molecule has 0 fully saturated rings. The lowest BCUT2D eigenvalue weighted by molar-refractivity contribution is -0.141. The number of hydrogen-bond acceptors (Lipinski definition) is 2. The normalized spacial score (nSPS) is 16.9. The van der Waals surface area contributed by atoms with E-state index in [1.807, 2.05) is 0 Å². The third-order valence-electron chi connectivity index (χ3n) is 3.05. The van der Waals surface area contributed by atoms with Gasteiger partial charge in [0.2, 0.25) is 0 Å². The van der Waals surface area contributed by atoms with Crippen LogP contribution in [-0.4, -0.2) is 13.1 Å². The monoisotopic (exact) mass is 214 g/mol. The van der Waals surface area contributed by atoms with Crippen LogP contribution in [0.5, 0.6) is 0 Å². The smallest absolute Gasteiger partial charge is 0.305 e. The number of carbonyl (C=O) groups is 1. The largest absolute Gasteiger partial charge is 0.469 e. The van der Waals surface area contributed by atoms with Crippen molar-refractivity contribution in [2.24, 2.45) is 17.8 Å². The molecule has 0 aromatic rings. The second-order valence-electron chi connectivity index (χ2n) is 4.98. The molecular weight excluding hydrogens is 188 g/mol. The quantitative estimate of drug-likeness (QED) is 0.605. The van der Waals surface area contributed by atoms with E-state index in [4.69, 9.17) is 0 Å². The summed E-state index contributed by atoms with van der Waals surface area (Å²) >= 11 is 0. The van der Waals surface area contributed by atoms with Crippen molar-refractivity contribution in [1.29, 1.82) is 0 Å². The summed E-state index contributed by atoms with van der Waals surface area (Å²) in [4.78, 5) is 11.1. The summed E-state index contributed by atoms with van der Waals surface area (Å²) < 4.78 is 4.67. The zero-order valence-corrected chi connectivity index (χ0v) is 10.9. The minimum absolute atomic E-state index is 0.0850. The van der Waals surface area contributed by atoms with E-state index in [1.54, 1.807) is 0 Å². The maximum atomic E-state index is 11.1. The molecule has 0 aromatic heterocycles. The van der Waals surface area contributed by atoms with Gasteiger partial charge in [-0.1, -0.05) is 34.1 Å². The van der Waals surface area contributed by atoms with Crippen LogP contribution in [0.2, 0.25) is 0 Å². The highest BCUT2D eigenvalue weighted by atomic mass is 16.5. The molecule has 0 spiro atoms. The fourth-order valence-corrected chi connectivity index (χ4v) is 2.09. The van der Waals surface area contributed by atoms with Gasteiger partial charge in [-0.05, 0) is 30.6 Å². The number of methoxy groups -OCH3 is 1. The van der Waals surface area contributed by atoms with Gasteiger partial charge in [-0.2, -0.15) is 0 Å². The van der Waals surface area contributed by atoms with Crippen LogP contribution in [0.3, 0.4) is 0 Å². The lowest BCUT2D eigenvalue weighted by Gasteiger charge is -2.19. The number of esters is 1. The average Bonchev–Trinajstić information content (AvgIpc) is 2.16. The van der Waals surface area contributed by atoms with Crippen molar-refractivity contribution in [2.75, 3.05) is 7.11 Å². The molecule has 0 bridgehead atoms. The van der Waals surface area contributed by atoms with Crippen molar-refractivity contribution in [3.05, 3.63) is 0 Å². The first-order chi connectivity index (χ1) is 6.99. The molecule has 0 amide bonds. The van der Waals surface area contributed by atoms with Crippen LogP contribution in [-0.2, 0) is 9.53 Å². The van der Waals surface area contributed by atoms with Gasteiger partial charge in [0.05, 0.1) is 7.11 Å². The molecule has 0 rings (SSSR count). The van der Waals surface area contributed by atoms with Gasteiger partial charge in [-0.3, -0.25) is 4.79 Å². The minimum Gasteiger partial charge on any atom is -0.469 e. The fraction of sp³-hybridized carbons (Fsp3) is 0.923. The Labute approximate surface area is 94.4 Å². The molecule has 0 heterocycles. The lowest BCUT2D eigenvalue weighted by Crippen LogP contribution is -2.12. The van der Waals surface area contributed by atoms with Crippen LogP contribution in [0.15, 0.2) is 0 Å². The highest BCUT2D eigenvalue weighted by molar-refractivity contribution is 5.69. The van der Waals surface area contributed by atoms with Gasteiger partial charge < -0.3 is 4.74 Å². The van der Waals surface area contributed by atoms with E-state index in [-0.39, 0.29) is 5.97 Å². The van der Waals surface area contributed by atoms with Gasteiger partial charge in [-0.15, -0.1) is 0 Å². The SMILES string of the molecule is CC[C@H](C)C[C@H](C)C[C@H](C)CC(=O)OC. The molecule has 0 unspecified atom stereocenters.